The Morgan fingerprint density at radius 2 is 1.44 bits per heavy atom. The Morgan fingerprint density at radius 1 is 0.760 bits per heavy atom. The second kappa shape index (κ2) is 6.03. The highest BCUT2D eigenvalue weighted by Crippen LogP contribution is 2.35. The van der Waals surface area contributed by atoms with Gasteiger partial charge in [-0.05, 0) is 35.1 Å². The molecule has 0 radical (unpaired) electrons. The summed E-state index contributed by atoms with van der Waals surface area (Å²) < 4.78 is 6.24. The highest BCUT2D eigenvalue weighted by Gasteiger charge is 2.14. The van der Waals surface area contributed by atoms with Gasteiger partial charge in [0.2, 0.25) is 0 Å². The lowest BCUT2D eigenvalue weighted by atomic mass is 9.99. The number of benzene rings is 2. The van der Waals surface area contributed by atoms with Crippen molar-refractivity contribution in [2.24, 2.45) is 0 Å². The minimum Gasteiger partial charge on any atom is -0.454 e. The average Bonchev–Trinajstić information content (AvgIpc) is 2.99. The Kier molecular flexibility index (Phi) is 3.84. The fraction of sp³-hybridized carbons (Fsp3) is 0.261. The number of rotatable bonds is 3. The van der Waals surface area contributed by atoms with E-state index in [2.05, 4.69) is 75.1 Å². The first-order chi connectivity index (χ1) is 12.0. The standard InChI is InChI=1S/C23H23NO/c1-14(2)16-5-7-17(8-6-16)22-23-20(11-12-24-22)19-10-9-18(15(3)4)13-21(19)25-23/h5-15H,1-4H3. The number of aromatic nitrogens is 1. The van der Waals surface area contributed by atoms with Crippen LogP contribution in [0, 0.1) is 0 Å². The summed E-state index contributed by atoms with van der Waals surface area (Å²) in [6, 6.07) is 17.2. The van der Waals surface area contributed by atoms with Gasteiger partial charge in [0.15, 0.2) is 5.58 Å². The zero-order valence-electron chi connectivity index (χ0n) is 15.2. The quantitative estimate of drug-likeness (QED) is 0.409. The molecular formula is C23H23NO. The number of hydrogen-bond acceptors (Lipinski definition) is 2. The molecule has 0 aliphatic carbocycles. The van der Waals surface area contributed by atoms with Crippen molar-refractivity contribution >= 4 is 21.9 Å². The lowest BCUT2D eigenvalue weighted by Gasteiger charge is -2.06. The smallest absolute Gasteiger partial charge is 0.161 e. The molecule has 0 spiro atoms. The van der Waals surface area contributed by atoms with Crippen LogP contribution in [0.15, 0.2) is 59.1 Å². The van der Waals surface area contributed by atoms with E-state index >= 15 is 0 Å². The Labute approximate surface area is 148 Å². The molecule has 0 bridgehead atoms. The summed E-state index contributed by atoms with van der Waals surface area (Å²) in [4.78, 5) is 4.61. The van der Waals surface area contributed by atoms with Crippen LogP contribution < -0.4 is 0 Å². The first kappa shape index (κ1) is 15.9. The van der Waals surface area contributed by atoms with Gasteiger partial charge in [-0.25, -0.2) is 0 Å². The van der Waals surface area contributed by atoms with Crippen molar-refractivity contribution in [3.05, 3.63) is 65.9 Å². The van der Waals surface area contributed by atoms with Gasteiger partial charge in [-0.2, -0.15) is 0 Å². The largest absolute Gasteiger partial charge is 0.454 e. The average molecular weight is 329 g/mol. The Hall–Kier alpha value is -2.61. The summed E-state index contributed by atoms with van der Waals surface area (Å²) in [5.74, 6) is 1.01. The van der Waals surface area contributed by atoms with Gasteiger partial charge in [-0.1, -0.05) is 64.1 Å². The van der Waals surface area contributed by atoms with Gasteiger partial charge < -0.3 is 4.42 Å². The Morgan fingerprint density at radius 3 is 2.12 bits per heavy atom. The van der Waals surface area contributed by atoms with E-state index in [1.165, 1.54) is 11.1 Å². The maximum absolute atomic E-state index is 6.24. The van der Waals surface area contributed by atoms with Crippen LogP contribution in [-0.4, -0.2) is 4.98 Å². The summed E-state index contributed by atoms with van der Waals surface area (Å²) in [5.41, 5.74) is 6.45. The molecule has 0 saturated carbocycles. The Bertz CT molecular complexity index is 1040. The molecule has 0 unspecified atom stereocenters. The highest BCUT2D eigenvalue weighted by molar-refractivity contribution is 6.08. The van der Waals surface area contributed by atoms with Crippen molar-refractivity contribution in [1.82, 2.24) is 4.98 Å². The van der Waals surface area contributed by atoms with E-state index in [1.54, 1.807) is 0 Å². The van der Waals surface area contributed by atoms with Crippen molar-refractivity contribution in [2.75, 3.05) is 0 Å². The molecule has 0 saturated heterocycles. The molecule has 0 fully saturated rings. The molecule has 4 aromatic rings. The van der Waals surface area contributed by atoms with E-state index in [9.17, 15) is 0 Å². The second-order valence-electron chi connectivity index (χ2n) is 7.33. The molecule has 0 aliphatic heterocycles. The van der Waals surface area contributed by atoms with Gasteiger partial charge in [0.05, 0.1) is 0 Å². The van der Waals surface area contributed by atoms with Crippen LogP contribution in [0.5, 0.6) is 0 Å². The van der Waals surface area contributed by atoms with Crippen molar-refractivity contribution in [2.45, 2.75) is 39.5 Å². The van der Waals surface area contributed by atoms with E-state index in [0.717, 1.165) is 33.2 Å². The van der Waals surface area contributed by atoms with Crippen LogP contribution >= 0.6 is 0 Å². The second-order valence-corrected chi connectivity index (χ2v) is 7.33. The van der Waals surface area contributed by atoms with Crippen LogP contribution in [0.4, 0.5) is 0 Å². The highest BCUT2D eigenvalue weighted by atomic mass is 16.3. The SMILES string of the molecule is CC(C)c1ccc(-c2nccc3c2oc2cc(C(C)C)ccc23)cc1. The van der Waals surface area contributed by atoms with Crippen molar-refractivity contribution in [1.29, 1.82) is 0 Å². The molecule has 126 valence electrons. The Balaban J connectivity index is 1.91. The number of nitrogens with zero attached hydrogens (tertiary/aromatic N) is 1. The molecule has 0 N–H and O–H groups in total. The monoisotopic (exact) mass is 329 g/mol. The molecule has 0 aliphatic rings. The van der Waals surface area contributed by atoms with Gasteiger partial charge in [0, 0.05) is 22.5 Å². The summed E-state index contributed by atoms with van der Waals surface area (Å²) >= 11 is 0. The fourth-order valence-electron chi connectivity index (χ4n) is 3.31. The maximum Gasteiger partial charge on any atom is 0.161 e. The molecule has 2 nitrogen and oxygen atoms in total. The topological polar surface area (TPSA) is 26.0 Å². The summed E-state index contributed by atoms with van der Waals surface area (Å²) in [6.07, 6.45) is 1.87. The van der Waals surface area contributed by atoms with E-state index in [-0.39, 0.29) is 0 Å². The minimum absolute atomic E-state index is 0.485. The van der Waals surface area contributed by atoms with E-state index in [4.69, 9.17) is 4.42 Å². The lowest BCUT2D eigenvalue weighted by molar-refractivity contribution is 0.666. The lowest BCUT2D eigenvalue weighted by Crippen LogP contribution is -1.88. The number of furan rings is 1. The predicted octanol–water partition coefficient (Wildman–Crippen LogP) is 6.89. The maximum atomic E-state index is 6.24. The molecular weight excluding hydrogens is 306 g/mol. The summed E-state index contributed by atoms with van der Waals surface area (Å²) in [7, 11) is 0. The van der Waals surface area contributed by atoms with Crippen LogP contribution in [0.3, 0.4) is 0 Å². The molecule has 2 heterocycles. The minimum atomic E-state index is 0.485. The zero-order chi connectivity index (χ0) is 17.6. The first-order valence-electron chi connectivity index (χ1n) is 8.96. The molecule has 25 heavy (non-hydrogen) atoms. The third kappa shape index (κ3) is 2.72. The molecule has 0 amide bonds. The number of hydrogen-bond donors (Lipinski definition) is 0. The van der Waals surface area contributed by atoms with Gasteiger partial charge in [0.25, 0.3) is 0 Å². The van der Waals surface area contributed by atoms with Gasteiger partial charge in [-0.3, -0.25) is 4.98 Å². The van der Waals surface area contributed by atoms with Crippen LogP contribution in [0.1, 0.15) is 50.7 Å². The molecule has 2 heteroatoms. The van der Waals surface area contributed by atoms with Gasteiger partial charge in [0.1, 0.15) is 11.3 Å². The van der Waals surface area contributed by atoms with E-state index in [0.29, 0.717) is 11.8 Å². The molecule has 4 rings (SSSR count). The van der Waals surface area contributed by atoms with Crippen LogP contribution in [0.2, 0.25) is 0 Å². The predicted molar refractivity (Wildman–Crippen MR) is 105 cm³/mol. The summed E-state index contributed by atoms with van der Waals surface area (Å²) in [6.45, 7) is 8.82. The van der Waals surface area contributed by atoms with Crippen molar-refractivity contribution in [3.8, 4) is 11.3 Å². The van der Waals surface area contributed by atoms with Gasteiger partial charge in [-0.15, -0.1) is 0 Å². The van der Waals surface area contributed by atoms with Crippen LogP contribution in [0.25, 0.3) is 33.2 Å². The van der Waals surface area contributed by atoms with E-state index in [1.807, 2.05) is 12.3 Å². The third-order valence-electron chi connectivity index (χ3n) is 4.93. The third-order valence-corrected chi connectivity index (χ3v) is 4.93. The fourth-order valence-corrected chi connectivity index (χ4v) is 3.31. The van der Waals surface area contributed by atoms with E-state index < -0.39 is 0 Å². The normalized spacial score (nSPS) is 11.9. The summed E-state index contributed by atoms with van der Waals surface area (Å²) in [5, 5.41) is 2.28. The molecule has 2 aromatic carbocycles. The van der Waals surface area contributed by atoms with Crippen molar-refractivity contribution < 1.29 is 4.42 Å². The molecule has 2 aromatic heterocycles. The number of pyridine rings is 1. The zero-order valence-corrected chi connectivity index (χ0v) is 15.2. The number of fused-ring (bicyclic) bond motifs is 3. The first-order valence-corrected chi connectivity index (χ1v) is 8.96. The van der Waals surface area contributed by atoms with Crippen molar-refractivity contribution in [3.63, 3.8) is 0 Å². The molecule has 0 atom stereocenters. The van der Waals surface area contributed by atoms with Crippen LogP contribution in [-0.2, 0) is 0 Å². The van der Waals surface area contributed by atoms with Gasteiger partial charge >= 0.3 is 0 Å².